The second kappa shape index (κ2) is 9.00. The van der Waals surface area contributed by atoms with Gasteiger partial charge in [0.1, 0.15) is 0 Å². The molecule has 4 rings (SSSR count). The Kier molecular flexibility index (Phi) is 6.18. The van der Waals surface area contributed by atoms with Crippen LogP contribution >= 0.6 is 0 Å². The van der Waals surface area contributed by atoms with E-state index in [2.05, 4.69) is 10.00 Å². The van der Waals surface area contributed by atoms with Crippen molar-refractivity contribution in [2.75, 3.05) is 31.1 Å². The largest absolute Gasteiger partial charge is 0.393 e. The number of rotatable bonds is 4. The number of aliphatic hydroxyl groups excluding tert-OH is 1. The summed E-state index contributed by atoms with van der Waals surface area (Å²) in [6.45, 7) is 4.63. The Hall–Kier alpha value is -2.67. The third kappa shape index (κ3) is 4.41. The minimum Gasteiger partial charge on any atom is -0.393 e. The van der Waals surface area contributed by atoms with Gasteiger partial charge in [0.15, 0.2) is 0 Å². The van der Waals surface area contributed by atoms with Crippen LogP contribution in [0.15, 0.2) is 47.4 Å². The van der Waals surface area contributed by atoms with Crippen molar-refractivity contribution in [2.45, 2.75) is 50.7 Å². The van der Waals surface area contributed by atoms with E-state index in [1.165, 1.54) is 4.68 Å². The van der Waals surface area contributed by atoms with E-state index in [0.29, 0.717) is 19.4 Å². The van der Waals surface area contributed by atoms with E-state index in [0.717, 1.165) is 43.7 Å². The Morgan fingerprint density at radius 2 is 1.87 bits per heavy atom. The van der Waals surface area contributed by atoms with Crippen LogP contribution in [0.25, 0.3) is 0 Å². The Balaban J connectivity index is 1.45. The predicted octanol–water partition coefficient (Wildman–Crippen LogP) is 2.17. The zero-order valence-corrected chi connectivity index (χ0v) is 17.5. The highest BCUT2D eigenvalue weighted by atomic mass is 16.3. The third-order valence-electron chi connectivity index (χ3n) is 6.37. The van der Waals surface area contributed by atoms with Crippen molar-refractivity contribution in [3.63, 3.8) is 0 Å². The van der Waals surface area contributed by atoms with E-state index in [9.17, 15) is 14.7 Å². The SMILES string of the molecule is C[C@H](C(=O)N1CCC[C@H](n2ncc(N3CCC(O)CC3)cc2=O)C1)c1ccccc1. The van der Waals surface area contributed by atoms with Gasteiger partial charge < -0.3 is 14.9 Å². The normalized spacial score (nSPS) is 21.5. The second-order valence-corrected chi connectivity index (χ2v) is 8.43. The van der Waals surface area contributed by atoms with Crippen LogP contribution in [-0.2, 0) is 4.79 Å². The molecule has 0 unspecified atom stereocenters. The molecule has 30 heavy (non-hydrogen) atoms. The lowest BCUT2D eigenvalue weighted by atomic mass is 9.97. The Labute approximate surface area is 176 Å². The zero-order chi connectivity index (χ0) is 21.1. The number of carbonyl (C=O) groups is 1. The number of aliphatic hydroxyl groups is 1. The Bertz CT molecular complexity index is 922. The quantitative estimate of drug-likeness (QED) is 0.836. The summed E-state index contributed by atoms with van der Waals surface area (Å²) in [6.07, 6.45) is 4.61. The molecule has 2 fully saturated rings. The molecule has 1 N–H and O–H groups in total. The summed E-state index contributed by atoms with van der Waals surface area (Å²) in [5, 5.41) is 14.1. The molecule has 7 heteroatoms. The average molecular weight is 411 g/mol. The van der Waals surface area contributed by atoms with Crippen molar-refractivity contribution in [1.29, 1.82) is 0 Å². The van der Waals surface area contributed by atoms with Crippen LogP contribution in [0.1, 0.15) is 50.1 Å². The molecule has 2 aliphatic rings. The average Bonchev–Trinajstić information content (AvgIpc) is 2.79. The first-order chi connectivity index (χ1) is 14.5. The lowest BCUT2D eigenvalue weighted by Crippen LogP contribution is -2.45. The van der Waals surface area contributed by atoms with Gasteiger partial charge in [-0.1, -0.05) is 30.3 Å². The van der Waals surface area contributed by atoms with Gasteiger partial charge in [0.2, 0.25) is 5.91 Å². The van der Waals surface area contributed by atoms with Crippen molar-refractivity contribution in [2.24, 2.45) is 0 Å². The van der Waals surface area contributed by atoms with Gasteiger partial charge in [0.25, 0.3) is 5.56 Å². The number of anilines is 1. The molecule has 2 aliphatic heterocycles. The van der Waals surface area contributed by atoms with Crippen LogP contribution in [0.2, 0.25) is 0 Å². The van der Waals surface area contributed by atoms with Crippen LogP contribution in [0, 0.1) is 0 Å². The fraction of sp³-hybridized carbons (Fsp3) is 0.522. The first-order valence-electron chi connectivity index (χ1n) is 10.9. The highest BCUT2D eigenvalue weighted by molar-refractivity contribution is 5.83. The molecular formula is C23H30N4O3. The molecule has 1 aromatic carbocycles. The fourth-order valence-electron chi connectivity index (χ4n) is 4.49. The van der Waals surface area contributed by atoms with Crippen LogP contribution in [0.5, 0.6) is 0 Å². The monoisotopic (exact) mass is 410 g/mol. The number of hydrogen-bond acceptors (Lipinski definition) is 5. The third-order valence-corrected chi connectivity index (χ3v) is 6.37. The molecular weight excluding hydrogens is 380 g/mol. The Morgan fingerprint density at radius 1 is 1.13 bits per heavy atom. The number of hydrogen-bond donors (Lipinski definition) is 1. The maximum Gasteiger partial charge on any atom is 0.269 e. The molecule has 2 saturated heterocycles. The van der Waals surface area contributed by atoms with Crippen molar-refractivity contribution >= 4 is 11.6 Å². The molecule has 160 valence electrons. The summed E-state index contributed by atoms with van der Waals surface area (Å²) in [5.41, 5.74) is 1.69. The summed E-state index contributed by atoms with van der Waals surface area (Å²) < 4.78 is 1.54. The van der Waals surface area contributed by atoms with Crippen LogP contribution < -0.4 is 10.5 Å². The smallest absolute Gasteiger partial charge is 0.269 e. The molecule has 7 nitrogen and oxygen atoms in total. The molecule has 1 aromatic heterocycles. The van der Waals surface area contributed by atoms with Crippen LogP contribution in [0.4, 0.5) is 5.69 Å². The molecule has 0 saturated carbocycles. The van der Waals surface area contributed by atoms with Gasteiger partial charge in [0, 0.05) is 32.2 Å². The first-order valence-corrected chi connectivity index (χ1v) is 10.9. The lowest BCUT2D eigenvalue weighted by molar-refractivity contribution is -0.134. The van der Waals surface area contributed by atoms with E-state index in [-0.39, 0.29) is 29.5 Å². The highest BCUT2D eigenvalue weighted by Crippen LogP contribution is 2.25. The lowest BCUT2D eigenvalue weighted by Gasteiger charge is -2.35. The van der Waals surface area contributed by atoms with Gasteiger partial charge in [-0.3, -0.25) is 9.59 Å². The molecule has 1 amide bonds. The van der Waals surface area contributed by atoms with E-state index < -0.39 is 0 Å². The van der Waals surface area contributed by atoms with Gasteiger partial charge >= 0.3 is 0 Å². The van der Waals surface area contributed by atoms with Crippen molar-refractivity contribution in [3.05, 3.63) is 58.5 Å². The van der Waals surface area contributed by atoms with Gasteiger partial charge in [-0.25, -0.2) is 4.68 Å². The van der Waals surface area contributed by atoms with Gasteiger partial charge in [0.05, 0.1) is 29.9 Å². The summed E-state index contributed by atoms with van der Waals surface area (Å²) in [7, 11) is 0. The maximum atomic E-state index is 13.0. The minimum atomic E-state index is -0.251. The van der Waals surface area contributed by atoms with Gasteiger partial charge in [-0.2, -0.15) is 5.10 Å². The number of carbonyl (C=O) groups excluding carboxylic acids is 1. The number of likely N-dealkylation sites (tertiary alicyclic amines) is 1. The van der Waals surface area contributed by atoms with Crippen LogP contribution in [-0.4, -0.2) is 58.0 Å². The number of benzene rings is 1. The van der Waals surface area contributed by atoms with Crippen LogP contribution in [0.3, 0.4) is 0 Å². The standard InChI is InChI=1S/C23H30N4O3/c1-17(18-6-3-2-4-7-18)23(30)26-11-5-8-19(16-26)27-22(29)14-20(15-24-27)25-12-9-21(28)10-13-25/h2-4,6-7,14-15,17,19,21,28H,5,8-13,16H2,1H3/t17-,19-/m0/s1. The van der Waals surface area contributed by atoms with E-state index in [1.807, 2.05) is 42.2 Å². The molecule has 0 bridgehead atoms. The summed E-state index contributed by atoms with van der Waals surface area (Å²) in [5.74, 6) is -0.103. The van der Waals surface area contributed by atoms with E-state index in [4.69, 9.17) is 0 Å². The fourth-order valence-corrected chi connectivity index (χ4v) is 4.49. The minimum absolute atomic E-state index is 0.0995. The highest BCUT2D eigenvalue weighted by Gasteiger charge is 2.29. The maximum absolute atomic E-state index is 13.0. The van der Waals surface area contributed by atoms with Gasteiger partial charge in [-0.05, 0) is 38.2 Å². The first kappa shape index (κ1) is 20.6. The topological polar surface area (TPSA) is 78.7 Å². The zero-order valence-electron chi connectivity index (χ0n) is 17.5. The molecule has 0 radical (unpaired) electrons. The number of aromatic nitrogens is 2. The predicted molar refractivity (Wildman–Crippen MR) is 116 cm³/mol. The summed E-state index contributed by atoms with van der Waals surface area (Å²) in [6, 6.07) is 11.3. The molecule has 3 heterocycles. The second-order valence-electron chi connectivity index (χ2n) is 8.43. The number of piperidine rings is 2. The van der Waals surface area contributed by atoms with Crippen molar-refractivity contribution in [3.8, 4) is 0 Å². The number of nitrogens with zero attached hydrogens (tertiary/aromatic N) is 4. The Morgan fingerprint density at radius 3 is 2.57 bits per heavy atom. The molecule has 0 aliphatic carbocycles. The number of amides is 1. The van der Waals surface area contributed by atoms with Crippen molar-refractivity contribution in [1.82, 2.24) is 14.7 Å². The van der Waals surface area contributed by atoms with E-state index in [1.54, 1.807) is 12.3 Å². The van der Waals surface area contributed by atoms with Gasteiger partial charge in [-0.15, -0.1) is 0 Å². The van der Waals surface area contributed by atoms with E-state index >= 15 is 0 Å². The summed E-state index contributed by atoms with van der Waals surface area (Å²) in [4.78, 5) is 29.8. The molecule has 2 atom stereocenters. The molecule has 2 aromatic rings. The van der Waals surface area contributed by atoms with Crippen molar-refractivity contribution < 1.29 is 9.90 Å². The summed E-state index contributed by atoms with van der Waals surface area (Å²) >= 11 is 0. The molecule has 0 spiro atoms.